The fourth-order valence-corrected chi connectivity index (χ4v) is 2.09. The second-order valence-corrected chi connectivity index (χ2v) is 4.60. The molecule has 0 saturated heterocycles. The molecule has 2 aromatic carbocycles. The van der Waals surface area contributed by atoms with Gasteiger partial charge in [0.1, 0.15) is 5.75 Å². The molecule has 3 rings (SSSR count). The number of carbonyl (C=O) groups excluding carboxylic acids is 1. The van der Waals surface area contributed by atoms with E-state index in [4.69, 9.17) is 10.5 Å². The molecule has 20 heavy (non-hydrogen) atoms. The van der Waals surface area contributed by atoms with Gasteiger partial charge in [-0.25, -0.2) is 0 Å². The van der Waals surface area contributed by atoms with Gasteiger partial charge in [0.2, 0.25) is 0 Å². The van der Waals surface area contributed by atoms with Crippen LogP contribution in [0.2, 0.25) is 0 Å². The molecule has 0 aliphatic carbocycles. The lowest BCUT2D eigenvalue weighted by molar-refractivity contribution is -0.118. The van der Waals surface area contributed by atoms with Gasteiger partial charge in [-0.15, -0.1) is 0 Å². The van der Waals surface area contributed by atoms with Crippen molar-refractivity contribution in [2.75, 3.05) is 23.0 Å². The minimum atomic E-state index is -0.137. The highest BCUT2D eigenvalue weighted by molar-refractivity contribution is 5.96. The molecule has 0 aromatic heterocycles. The summed E-state index contributed by atoms with van der Waals surface area (Å²) in [5.74, 6) is 0.552. The van der Waals surface area contributed by atoms with Crippen LogP contribution in [0, 0.1) is 0 Å². The van der Waals surface area contributed by atoms with E-state index in [2.05, 4.69) is 10.6 Å². The molecule has 5 heteroatoms. The quantitative estimate of drug-likeness (QED) is 0.747. The van der Waals surface area contributed by atoms with Gasteiger partial charge in [-0.2, -0.15) is 0 Å². The Balaban J connectivity index is 1.74. The first-order chi connectivity index (χ1) is 9.72. The Morgan fingerprint density at radius 3 is 2.95 bits per heavy atom. The molecule has 0 spiro atoms. The van der Waals surface area contributed by atoms with E-state index >= 15 is 0 Å². The Labute approximate surface area is 116 Å². The minimum Gasteiger partial charge on any atom is -0.482 e. The molecule has 1 heterocycles. The topological polar surface area (TPSA) is 76.4 Å². The summed E-state index contributed by atoms with van der Waals surface area (Å²) in [6.45, 7) is 0.695. The van der Waals surface area contributed by atoms with Gasteiger partial charge < -0.3 is 21.1 Å². The van der Waals surface area contributed by atoms with Crippen LogP contribution >= 0.6 is 0 Å². The maximum absolute atomic E-state index is 11.3. The molecule has 1 aliphatic rings. The lowest BCUT2D eigenvalue weighted by Crippen LogP contribution is -2.25. The van der Waals surface area contributed by atoms with E-state index in [1.165, 1.54) is 0 Å². The molecule has 1 amide bonds. The van der Waals surface area contributed by atoms with Crippen molar-refractivity contribution in [1.29, 1.82) is 0 Å². The highest BCUT2D eigenvalue weighted by Crippen LogP contribution is 2.30. The number of rotatable bonds is 3. The van der Waals surface area contributed by atoms with Gasteiger partial charge in [0.25, 0.3) is 5.91 Å². The van der Waals surface area contributed by atoms with Crippen LogP contribution in [0.1, 0.15) is 5.56 Å². The first kappa shape index (κ1) is 12.3. The van der Waals surface area contributed by atoms with E-state index in [-0.39, 0.29) is 12.5 Å². The number of carbonyl (C=O) groups is 1. The van der Waals surface area contributed by atoms with Crippen LogP contribution in [0.3, 0.4) is 0 Å². The van der Waals surface area contributed by atoms with Crippen LogP contribution in [0.15, 0.2) is 42.5 Å². The minimum absolute atomic E-state index is 0.0698. The normalized spacial score (nSPS) is 13.1. The monoisotopic (exact) mass is 269 g/mol. The molecule has 0 bridgehead atoms. The van der Waals surface area contributed by atoms with Crippen LogP contribution in [-0.4, -0.2) is 12.5 Å². The van der Waals surface area contributed by atoms with Crippen LogP contribution in [0.4, 0.5) is 17.1 Å². The Bertz CT molecular complexity index is 655. The molecule has 4 N–H and O–H groups in total. The van der Waals surface area contributed by atoms with E-state index in [0.29, 0.717) is 18.0 Å². The van der Waals surface area contributed by atoms with E-state index in [1.807, 2.05) is 42.5 Å². The lowest BCUT2D eigenvalue weighted by Gasteiger charge is -2.19. The summed E-state index contributed by atoms with van der Waals surface area (Å²) in [5, 5.41) is 6.06. The van der Waals surface area contributed by atoms with Gasteiger partial charge in [-0.05, 0) is 29.8 Å². The Hall–Kier alpha value is -2.69. The van der Waals surface area contributed by atoms with Gasteiger partial charge in [-0.1, -0.05) is 18.2 Å². The molecule has 0 radical (unpaired) electrons. The summed E-state index contributed by atoms with van der Waals surface area (Å²) < 4.78 is 5.31. The molecule has 0 atom stereocenters. The maximum atomic E-state index is 11.3. The average molecular weight is 269 g/mol. The third-order valence-electron chi connectivity index (χ3n) is 3.15. The van der Waals surface area contributed by atoms with Crippen LogP contribution in [0.25, 0.3) is 0 Å². The zero-order chi connectivity index (χ0) is 13.9. The fourth-order valence-electron chi connectivity index (χ4n) is 2.09. The number of ether oxygens (including phenoxy) is 1. The predicted molar refractivity (Wildman–Crippen MR) is 78.7 cm³/mol. The molecule has 2 aromatic rings. The second kappa shape index (κ2) is 5.13. The van der Waals surface area contributed by atoms with Crippen molar-refractivity contribution >= 4 is 23.0 Å². The Morgan fingerprint density at radius 1 is 1.25 bits per heavy atom. The van der Waals surface area contributed by atoms with Crippen molar-refractivity contribution in [3.63, 3.8) is 0 Å². The number of amides is 1. The summed E-state index contributed by atoms with van der Waals surface area (Å²) in [6.07, 6.45) is 0. The Morgan fingerprint density at radius 2 is 2.10 bits per heavy atom. The van der Waals surface area contributed by atoms with Crippen molar-refractivity contribution in [3.8, 4) is 5.75 Å². The molecule has 0 unspecified atom stereocenters. The number of nitrogens with one attached hydrogen (secondary N) is 2. The summed E-state index contributed by atoms with van der Waals surface area (Å²) in [4.78, 5) is 11.3. The van der Waals surface area contributed by atoms with Crippen molar-refractivity contribution in [2.24, 2.45) is 0 Å². The number of nitrogens with two attached hydrogens (primary N) is 1. The number of para-hydroxylation sites is 1. The van der Waals surface area contributed by atoms with E-state index in [0.717, 1.165) is 16.9 Å². The van der Waals surface area contributed by atoms with Crippen LogP contribution in [0.5, 0.6) is 5.75 Å². The van der Waals surface area contributed by atoms with Crippen LogP contribution < -0.4 is 21.1 Å². The zero-order valence-electron chi connectivity index (χ0n) is 10.8. The first-order valence-corrected chi connectivity index (χ1v) is 6.36. The van der Waals surface area contributed by atoms with E-state index in [9.17, 15) is 4.79 Å². The van der Waals surface area contributed by atoms with Crippen molar-refractivity contribution in [2.45, 2.75) is 6.54 Å². The SMILES string of the molecule is Nc1ccccc1CNc1ccc2c(c1)NC(=O)CO2. The van der Waals surface area contributed by atoms with Crippen molar-refractivity contribution in [1.82, 2.24) is 0 Å². The van der Waals surface area contributed by atoms with Gasteiger partial charge in [-0.3, -0.25) is 4.79 Å². The van der Waals surface area contributed by atoms with Crippen LogP contribution in [-0.2, 0) is 11.3 Å². The molecule has 5 nitrogen and oxygen atoms in total. The number of fused-ring (bicyclic) bond motifs is 1. The summed E-state index contributed by atoms with van der Waals surface area (Å²) in [7, 11) is 0. The van der Waals surface area contributed by atoms with Gasteiger partial charge >= 0.3 is 0 Å². The largest absolute Gasteiger partial charge is 0.482 e. The van der Waals surface area contributed by atoms with E-state index < -0.39 is 0 Å². The molecule has 1 aliphatic heterocycles. The number of anilines is 3. The van der Waals surface area contributed by atoms with Gasteiger partial charge in [0.05, 0.1) is 5.69 Å². The summed E-state index contributed by atoms with van der Waals surface area (Å²) in [5.41, 5.74) is 9.28. The van der Waals surface area contributed by atoms with Gasteiger partial charge in [0.15, 0.2) is 6.61 Å². The fraction of sp³-hybridized carbons (Fsp3) is 0.133. The summed E-state index contributed by atoms with van der Waals surface area (Å²) in [6, 6.07) is 13.3. The molecule has 0 saturated carbocycles. The zero-order valence-corrected chi connectivity index (χ0v) is 10.8. The molecule has 0 fully saturated rings. The molecule has 102 valence electrons. The summed E-state index contributed by atoms with van der Waals surface area (Å²) >= 11 is 0. The average Bonchev–Trinajstić information content (AvgIpc) is 2.46. The molecular formula is C15H15N3O2. The lowest BCUT2D eigenvalue weighted by atomic mass is 10.1. The number of hydrogen-bond acceptors (Lipinski definition) is 4. The smallest absolute Gasteiger partial charge is 0.262 e. The number of hydrogen-bond donors (Lipinski definition) is 3. The molecular weight excluding hydrogens is 254 g/mol. The van der Waals surface area contributed by atoms with Gasteiger partial charge in [0, 0.05) is 17.9 Å². The van der Waals surface area contributed by atoms with Crippen molar-refractivity contribution < 1.29 is 9.53 Å². The number of nitrogen functional groups attached to an aromatic ring is 1. The maximum Gasteiger partial charge on any atom is 0.262 e. The Kier molecular flexibility index (Phi) is 3.16. The number of benzene rings is 2. The third kappa shape index (κ3) is 2.51. The second-order valence-electron chi connectivity index (χ2n) is 4.60. The highest BCUT2D eigenvalue weighted by Gasteiger charge is 2.15. The standard InChI is InChI=1S/C15H15N3O2/c16-12-4-2-1-3-10(12)8-17-11-5-6-14-13(7-11)18-15(19)9-20-14/h1-7,17H,8-9,16H2,(H,18,19). The van der Waals surface area contributed by atoms with Crippen molar-refractivity contribution in [3.05, 3.63) is 48.0 Å². The first-order valence-electron chi connectivity index (χ1n) is 6.36. The highest BCUT2D eigenvalue weighted by atomic mass is 16.5. The third-order valence-corrected chi connectivity index (χ3v) is 3.15. The van der Waals surface area contributed by atoms with E-state index in [1.54, 1.807) is 0 Å². The predicted octanol–water partition coefficient (Wildman–Crippen LogP) is 2.21.